The Hall–Kier alpha value is -1.95. The van der Waals surface area contributed by atoms with Gasteiger partial charge in [-0.05, 0) is 25.1 Å². The van der Waals surface area contributed by atoms with Crippen LogP contribution in [0.4, 0.5) is 5.69 Å². The van der Waals surface area contributed by atoms with Crippen LogP contribution < -0.4 is 10.1 Å². The van der Waals surface area contributed by atoms with Gasteiger partial charge in [0.2, 0.25) is 0 Å². The van der Waals surface area contributed by atoms with Crippen LogP contribution in [0.1, 0.15) is 17.3 Å². The maximum Gasteiger partial charge on any atom is 0.339 e. The second-order valence-corrected chi connectivity index (χ2v) is 6.20. The number of rotatable bonds is 5. The van der Waals surface area contributed by atoms with E-state index in [-0.39, 0.29) is 26.4 Å². The first-order valence-corrected chi connectivity index (χ1v) is 8.26. The largest absolute Gasteiger partial charge is 0.479 e. The highest BCUT2D eigenvalue weighted by Crippen LogP contribution is 2.34. The van der Waals surface area contributed by atoms with Crippen molar-refractivity contribution in [3.8, 4) is 5.75 Å². The summed E-state index contributed by atoms with van der Waals surface area (Å²) in [5, 5.41) is 3.39. The number of para-hydroxylation sites is 1. The quantitative estimate of drug-likeness (QED) is 0.574. The van der Waals surface area contributed by atoms with Crippen LogP contribution in [0.2, 0.25) is 15.1 Å². The highest BCUT2D eigenvalue weighted by Gasteiger charge is 2.20. The number of hydrogen-bond donors (Lipinski definition) is 1. The van der Waals surface area contributed by atoms with E-state index < -0.39 is 18.0 Å². The van der Waals surface area contributed by atoms with Gasteiger partial charge in [0.15, 0.2) is 6.10 Å². The van der Waals surface area contributed by atoms with Crippen LogP contribution in [0.25, 0.3) is 0 Å². The Balaban J connectivity index is 2.14. The summed E-state index contributed by atoms with van der Waals surface area (Å²) in [4.78, 5) is 24.1. The van der Waals surface area contributed by atoms with Crippen molar-refractivity contribution in [2.75, 3.05) is 12.4 Å². The molecule has 0 bridgehead atoms. The van der Waals surface area contributed by atoms with Crippen molar-refractivity contribution in [1.82, 2.24) is 0 Å². The molecule has 2 aromatic carbocycles. The first-order chi connectivity index (χ1) is 11.8. The SMILES string of the molecule is COC(=O)c1ccccc1NC(=O)[C@H](C)Oc1cc(Cl)c(Cl)cc1Cl. The molecule has 0 heterocycles. The van der Waals surface area contributed by atoms with E-state index in [4.69, 9.17) is 39.5 Å². The fourth-order valence-corrected chi connectivity index (χ4v) is 2.53. The van der Waals surface area contributed by atoms with Gasteiger partial charge in [0.05, 0.1) is 33.4 Å². The number of carbonyl (C=O) groups is 2. The van der Waals surface area contributed by atoms with Gasteiger partial charge in [-0.1, -0.05) is 46.9 Å². The third-order valence-electron chi connectivity index (χ3n) is 3.24. The molecule has 0 radical (unpaired) electrons. The molecule has 0 aliphatic heterocycles. The number of halogens is 3. The van der Waals surface area contributed by atoms with Crippen molar-refractivity contribution in [3.63, 3.8) is 0 Å². The van der Waals surface area contributed by atoms with Crippen molar-refractivity contribution in [2.45, 2.75) is 13.0 Å². The van der Waals surface area contributed by atoms with E-state index in [1.165, 1.54) is 26.2 Å². The van der Waals surface area contributed by atoms with Gasteiger partial charge in [-0.2, -0.15) is 0 Å². The molecule has 1 amide bonds. The number of esters is 1. The van der Waals surface area contributed by atoms with Gasteiger partial charge in [0.1, 0.15) is 5.75 Å². The van der Waals surface area contributed by atoms with Crippen LogP contribution in [0.3, 0.4) is 0 Å². The van der Waals surface area contributed by atoms with Crippen LogP contribution >= 0.6 is 34.8 Å². The minimum Gasteiger partial charge on any atom is -0.479 e. The molecule has 0 aliphatic carbocycles. The molecular weight excluding hydrogens is 389 g/mol. The number of methoxy groups -OCH3 is 1. The fourth-order valence-electron chi connectivity index (χ4n) is 1.95. The average molecular weight is 403 g/mol. The summed E-state index contributed by atoms with van der Waals surface area (Å²) in [5.74, 6) is -0.810. The highest BCUT2D eigenvalue weighted by atomic mass is 35.5. The van der Waals surface area contributed by atoms with Gasteiger partial charge in [0.25, 0.3) is 5.91 Å². The predicted octanol–water partition coefficient (Wildman–Crippen LogP) is 4.84. The Morgan fingerprint density at radius 3 is 2.36 bits per heavy atom. The lowest BCUT2D eigenvalue weighted by Crippen LogP contribution is -2.30. The molecule has 0 fully saturated rings. The molecule has 0 saturated heterocycles. The molecule has 1 N–H and O–H groups in total. The van der Waals surface area contributed by atoms with Crippen molar-refractivity contribution < 1.29 is 19.1 Å². The molecule has 2 aromatic rings. The molecule has 0 saturated carbocycles. The predicted molar refractivity (Wildman–Crippen MR) is 98.0 cm³/mol. The minimum atomic E-state index is -0.902. The number of hydrogen-bond acceptors (Lipinski definition) is 4. The summed E-state index contributed by atoms with van der Waals surface area (Å²) in [6.45, 7) is 1.54. The summed E-state index contributed by atoms with van der Waals surface area (Å²) >= 11 is 17.8. The Bertz CT molecular complexity index is 810. The lowest BCUT2D eigenvalue weighted by Gasteiger charge is -2.17. The summed E-state index contributed by atoms with van der Waals surface area (Å²) < 4.78 is 10.2. The number of carbonyl (C=O) groups excluding carboxylic acids is 2. The number of benzene rings is 2. The highest BCUT2D eigenvalue weighted by molar-refractivity contribution is 6.43. The first-order valence-electron chi connectivity index (χ1n) is 7.13. The lowest BCUT2D eigenvalue weighted by molar-refractivity contribution is -0.122. The normalized spacial score (nSPS) is 11.6. The molecule has 132 valence electrons. The monoisotopic (exact) mass is 401 g/mol. The van der Waals surface area contributed by atoms with Crippen LogP contribution in [0.15, 0.2) is 36.4 Å². The molecule has 0 spiro atoms. The van der Waals surface area contributed by atoms with Gasteiger partial charge in [-0.15, -0.1) is 0 Å². The number of anilines is 1. The van der Waals surface area contributed by atoms with Crippen molar-refractivity contribution in [1.29, 1.82) is 0 Å². The standard InChI is InChI=1S/C17H14Cl3NO4/c1-9(25-15-8-12(19)11(18)7-13(15)20)16(22)21-14-6-4-3-5-10(14)17(23)24-2/h3-9H,1-2H3,(H,21,22)/t9-/m0/s1. The van der Waals surface area contributed by atoms with E-state index in [2.05, 4.69) is 10.1 Å². The fraction of sp³-hybridized carbons (Fsp3) is 0.176. The molecule has 25 heavy (non-hydrogen) atoms. The van der Waals surface area contributed by atoms with Crippen LogP contribution in [-0.2, 0) is 9.53 Å². The van der Waals surface area contributed by atoms with Gasteiger partial charge < -0.3 is 14.8 Å². The zero-order valence-corrected chi connectivity index (χ0v) is 15.6. The van der Waals surface area contributed by atoms with E-state index in [1.54, 1.807) is 24.3 Å². The van der Waals surface area contributed by atoms with E-state index in [9.17, 15) is 9.59 Å². The van der Waals surface area contributed by atoms with E-state index in [0.29, 0.717) is 5.69 Å². The summed E-state index contributed by atoms with van der Waals surface area (Å²) in [5.41, 5.74) is 0.549. The minimum absolute atomic E-state index is 0.222. The third kappa shape index (κ3) is 4.78. The Morgan fingerprint density at radius 1 is 1.04 bits per heavy atom. The molecule has 5 nitrogen and oxygen atoms in total. The molecular formula is C17H14Cl3NO4. The molecule has 0 aliphatic rings. The van der Waals surface area contributed by atoms with E-state index >= 15 is 0 Å². The Labute approximate surface area is 159 Å². The lowest BCUT2D eigenvalue weighted by atomic mass is 10.1. The maximum absolute atomic E-state index is 12.4. The molecule has 1 atom stereocenters. The summed E-state index contributed by atoms with van der Waals surface area (Å²) in [6, 6.07) is 9.34. The van der Waals surface area contributed by atoms with Gasteiger partial charge in [-0.25, -0.2) is 4.79 Å². The van der Waals surface area contributed by atoms with Crippen LogP contribution in [-0.4, -0.2) is 25.1 Å². The molecule has 2 rings (SSSR count). The second kappa shape index (κ2) is 8.43. The molecule has 0 aromatic heterocycles. The zero-order valence-electron chi connectivity index (χ0n) is 13.3. The molecule has 8 heteroatoms. The Kier molecular flexibility index (Phi) is 6.53. The summed E-state index contributed by atoms with van der Waals surface area (Å²) in [6.07, 6.45) is -0.902. The third-order valence-corrected chi connectivity index (χ3v) is 4.26. The zero-order chi connectivity index (χ0) is 18.6. The van der Waals surface area contributed by atoms with Gasteiger partial charge in [0, 0.05) is 6.07 Å². The van der Waals surface area contributed by atoms with Crippen molar-refractivity contribution in [3.05, 3.63) is 57.0 Å². The first kappa shape index (κ1) is 19.4. The van der Waals surface area contributed by atoms with Crippen LogP contribution in [0, 0.1) is 0 Å². The number of ether oxygens (including phenoxy) is 2. The average Bonchev–Trinajstić information content (AvgIpc) is 2.59. The van der Waals surface area contributed by atoms with Gasteiger partial charge >= 0.3 is 5.97 Å². The van der Waals surface area contributed by atoms with Crippen LogP contribution in [0.5, 0.6) is 5.75 Å². The Morgan fingerprint density at radius 2 is 1.68 bits per heavy atom. The summed E-state index contributed by atoms with van der Waals surface area (Å²) in [7, 11) is 1.26. The maximum atomic E-state index is 12.4. The number of nitrogens with one attached hydrogen (secondary N) is 1. The second-order valence-electron chi connectivity index (χ2n) is 4.98. The number of amides is 1. The smallest absolute Gasteiger partial charge is 0.339 e. The van der Waals surface area contributed by atoms with E-state index in [0.717, 1.165) is 0 Å². The van der Waals surface area contributed by atoms with Crippen molar-refractivity contribution in [2.24, 2.45) is 0 Å². The van der Waals surface area contributed by atoms with Crippen molar-refractivity contribution >= 4 is 52.4 Å². The topological polar surface area (TPSA) is 64.6 Å². The van der Waals surface area contributed by atoms with Gasteiger partial charge in [-0.3, -0.25) is 4.79 Å². The molecule has 0 unspecified atom stereocenters. The van der Waals surface area contributed by atoms with E-state index in [1.807, 2.05) is 0 Å².